The summed E-state index contributed by atoms with van der Waals surface area (Å²) >= 11 is 0. The molecule has 1 aliphatic rings. The molecule has 2 aromatic carbocycles. The molecule has 1 atom stereocenters. The van der Waals surface area contributed by atoms with Gasteiger partial charge in [-0.05, 0) is 62.1 Å². The molecule has 0 spiro atoms. The average molecular weight is 338 g/mol. The first kappa shape index (κ1) is 17.3. The highest BCUT2D eigenvalue weighted by Crippen LogP contribution is 2.37. The van der Waals surface area contributed by atoms with Crippen molar-refractivity contribution >= 4 is 17.3 Å². The van der Waals surface area contributed by atoms with Gasteiger partial charge in [0.15, 0.2) is 0 Å². The summed E-state index contributed by atoms with van der Waals surface area (Å²) in [5, 5.41) is 0. The molecule has 1 unspecified atom stereocenters. The van der Waals surface area contributed by atoms with Gasteiger partial charge in [-0.2, -0.15) is 0 Å². The number of carbonyl (C=O) groups is 1. The molecule has 132 valence electrons. The van der Waals surface area contributed by atoms with Crippen molar-refractivity contribution in [2.45, 2.75) is 25.8 Å². The van der Waals surface area contributed by atoms with Crippen LogP contribution in [-0.4, -0.2) is 32.7 Å². The van der Waals surface area contributed by atoms with Crippen molar-refractivity contribution in [1.29, 1.82) is 0 Å². The zero-order valence-electron chi connectivity index (χ0n) is 15.2. The standard InChI is InChI=1S/C21H26N2O2/c1-16(17-9-10-17)23(19-11-13-20(25-3)14-12-19)21(24)15-22(2)18-7-5-4-6-8-18/h4-8,11-14,16-17H,9-10,15H2,1-3H3. The van der Waals surface area contributed by atoms with Gasteiger partial charge in [0.2, 0.25) is 5.91 Å². The lowest BCUT2D eigenvalue weighted by Gasteiger charge is -2.32. The number of hydrogen-bond acceptors (Lipinski definition) is 3. The summed E-state index contributed by atoms with van der Waals surface area (Å²) in [6, 6.07) is 18.0. The van der Waals surface area contributed by atoms with Crippen LogP contribution in [0.4, 0.5) is 11.4 Å². The van der Waals surface area contributed by atoms with E-state index in [0.29, 0.717) is 12.5 Å². The third kappa shape index (κ3) is 4.13. The number of nitrogens with zero attached hydrogens (tertiary/aromatic N) is 2. The smallest absolute Gasteiger partial charge is 0.246 e. The average Bonchev–Trinajstić information content (AvgIpc) is 3.48. The Kier molecular flexibility index (Phi) is 5.27. The Morgan fingerprint density at radius 2 is 1.72 bits per heavy atom. The second kappa shape index (κ2) is 7.60. The predicted molar refractivity (Wildman–Crippen MR) is 102 cm³/mol. The lowest BCUT2D eigenvalue weighted by Crippen LogP contribution is -2.45. The third-order valence-electron chi connectivity index (χ3n) is 4.90. The van der Waals surface area contributed by atoms with Gasteiger partial charge in [-0.3, -0.25) is 4.79 Å². The first-order chi connectivity index (χ1) is 12.1. The summed E-state index contributed by atoms with van der Waals surface area (Å²) in [4.78, 5) is 17.1. The van der Waals surface area contributed by atoms with Gasteiger partial charge in [-0.25, -0.2) is 0 Å². The molecule has 4 heteroatoms. The zero-order chi connectivity index (χ0) is 17.8. The quantitative estimate of drug-likeness (QED) is 0.766. The van der Waals surface area contributed by atoms with Gasteiger partial charge >= 0.3 is 0 Å². The topological polar surface area (TPSA) is 32.8 Å². The highest BCUT2D eigenvalue weighted by molar-refractivity contribution is 5.97. The largest absolute Gasteiger partial charge is 0.497 e. The summed E-state index contributed by atoms with van der Waals surface area (Å²) in [5.41, 5.74) is 1.98. The minimum atomic E-state index is 0.121. The van der Waals surface area contributed by atoms with E-state index in [1.54, 1.807) is 7.11 Å². The zero-order valence-corrected chi connectivity index (χ0v) is 15.2. The molecular weight excluding hydrogens is 312 g/mol. The molecule has 3 rings (SSSR count). The number of likely N-dealkylation sites (N-methyl/N-ethyl adjacent to an activating group) is 1. The number of anilines is 2. The Balaban J connectivity index is 1.79. The van der Waals surface area contributed by atoms with Crippen LogP contribution in [0.15, 0.2) is 54.6 Å². The fraction of sp³-hybridized carbons (Fsp3) is 0.381. The van der Waals surface area contributed by atoms with E-state index in [2.05, 4.69) is 6.92 Å². The number of rotatable bonds is 7. The molecule has 0 bridgehead atoms. The van der Waals surface area contributed by atoms with Crippen molar-refractivity contribution in [1.82, 2.24) is 0 Å². The van der Waals surface area contributed by atoms with Crippen LogP contribution in [0, 0.1) is 5.92 Å². The van der Waals surface area contributed by atoms with Crippen LogP contribution in [0.3, 0.4) is 0 Å². The van der Waals surface area contributed by atoms with Gasteiger partial charge in [-0.15, -0.1) is 0 Å². The third-order valence-corrected chi connectivity index (χ3v) is 4.90. The van der Waals surface area contributed by atoms with Gasteiger partial charge in [0.25, 0.3) is 0 Å². The van der Waals surface area contributed by atoms with Crippen LogP contribution in [-0.2, 0) is 4.79 Å². The van der Waals surface area contributed by atoms with E-state index in [9.17, 15) is 4.79 Å². The second-order valence-corrected chi connectivity index (χ2v) is 6.73. The summed E-state index contributed by atoms with van der Waals surface area (Å²) in [5.74, 6) is 1.53. The summed E-state index contributed by atoms with van der Waals surface area (Å²) in [7, 11) is 3.61. The molecule has 1 amide bonds. The summed E-state index contributed by atoms with van der Waals surface area (Å²) in [6.07, 6.45) is 2.41. The Hall–Kier alpha value is -2.49. The first-order valence-electron chi connectivity index (χ1n) is 8.82. The van der Waals surface area contributed by atoms with Crippen molar-refractivity contribution < 1.29 is 9.53 Å². The fourth-order valence-corrected chi connectivity index (χ4v) is 3.19. The number of methoxy groups -OCH3 is 1. The van der Waals surface area contributed by atoms with Crippen molar-refractivity contribution in [2.24, 2.45) is 5.92 Å². The molecule has 0 aliphatic heterocycles. The molecule has 0 N–H and O–H groups in total. The predicted octanol–water partition coefficient (Wildman–Crippen LogP) is 3.96. The number of carbonyl (C=O) groups excluding carboxylic acids is 1. The van der Waals surface area contributed by atoms with E-state index < -0.39 is 0 Å². The monoisotopic (exact) mass is 338 g/mol. The van der Waals surface area contributed by atoms with Crippen LogP contribution in [0.5, 0.6) is 5.75 Å². The van der Waals surface area contributed by atoms with Crippen molar-refractivity contribution in [3.63, 3.8) is 0 Å². The van der Waals surface area contributed by atoms with Gasteiger partial charge in [0.05, 0.1) is 13.7 Å². The van der Waals surface area contributed by atoms with Crippen LogP contribution in [0.25, 0.3) is 0 Å². The Morgan fingerprint density at radius 1 is 1.08 bits per heavy atom. The minimum absolute atomic E-state index is 0.121. The number of amides is 1. The molecular formula is C21H26N2O2. The molecule has 25 heavy (non-hydrogen) atoms. The molecule has 1 fully saturated rings. The molecule has 0 aromatic heterocycles. The normalized spacial score (nSPS) is 14.7. The highest BCUT2D eigenvalue weighted by atomic mass is 16.5. The van der Waals surface area contributed by atoms with E-state index in [-0.39, 0.29) is 11.9 Å². The van der Waals surface area contributed by atoms with E-state index in [1.807, 2.05) is 71.4 Å². The molecule has 0 radical (unpaired) electrons. The molecule has 4 nitrogen and oxygen atoms in total. The number of benzene rings is 2. The van der Waals surface area contributed by atoms with Gasteiger partial charge < -0.3 is 14.5 Å². The fourth-order valence-electron chi connectivity index (χ4n) is 3.19. The minimum Gasteiger partial charge on any atom is -0.497 e. The molecule has 0 heterocycles. The van der Waals surface area contributed by atoms with E-state index in [0.717, 1.165) is 17.1 Å². The van der Waals surface area contributed by atoms with Gasteiger partial charge in [0.1, 0.15) is 5.75 Å². The van der Waals surface area contributed by atoms with Crippen LogP contribution in [0.2, 0.25) is 0 Å². The summed E-state index contributed by atoms with van der Waals surface area (Å²) in [6.45, 7) is 2.51. The van der Waals surface area contributed by atoms with E-state index >= 15 is 0 Å². The maximum Gasteiger partial charge on any atom is 0.246 e. The Labute approximate surface area is 150 Å². The lowest BCUT2D eigenvalue weighted by atomic mass is 10.1. The Morgan fingerprint density at radius 3 is 2.28 bits per heavy atom. The Bertz CT molecular complexity index is 696. The van der Waals surface area contributed by atoms with Crippen molar-refractivity contribution in [2.75, 3.05) is 30.5 Å². The summed E-state index contributed by atoms with van der Waals surface area (Å²) < 4.78 is 5.24. The number of hydrogen-bond donors (Lipinski definition) is 0. The number of para-hydroxylation sites is 1. The highest BCUT2D eigenvalue weighted by Gasteiger charge is 2.35. The van der Waals surface area contributed by atoms with Crippen LogP contribution in [0.1, 0.15) is 19.8 Å². The van der Waals surface area contributed by atoms with Gasteiger partial charge in [0, 0.05) is 24.5 Å². The van der Waals surface area contributed by atoms with E-state index in [1.165, 1.54) is 12.8 Å². The molecule has 1 saturated carbocycles. The lowest BCUT2D eigenvalue weighted by molar-refractivity contribution is -0.117. The number of ether oxygens (including phenoxy) is 1. The molecule has 1 aliphatic carbocycles. The van der Waals surface area contributed by atoms with E-state index in [4.69, 9.17) is 4.74 Å². The maximum absolute atomic E-state index is 13.1. The van der Waals surface area contributed by atoms with Gasteiger partial charge in [-0.1, -0.05) is 18.2 Å². The van der Waals surface area contributed by atoms with Crippen molar-refractivity contribution in [3.05, 3.63) is 54.6 Å². The van der Waals surface area contributed by atoms with Crippen LogP contribution >= 0.6 is 0 Å². The van der Waals surface area contributed by atoms with Crippen LogP contribution < -0.4 is 14.5 Å². The van der Waals surface area contributed by atoms with Crippen molar-refractivity contribution in [3.8, 4) is 5.75 Å². The SMILES string of the molecule is COc1ccc(N(C(=O)CN(C)c2ccccc2)C(C)C2CC2)cc1. The molecule has 2 aromatic rings. The molecule has 0 saturated heterocycles. The maximum atomic E-state index is 13.1. The second-order valence-electron chi connectivity index (χ2n) is 6.73. The first-order valence-corrected chi connectivity index (χ1v) is 8.82.